The number of carboxylic acids is 1. The Hall–Kier alpha value is -1.42. The van der Waals surface area contributed by atoms with Crippen molar-refractivity contribution in [2.45, 2.75) is 25.2 Å². The number of carbonyl (C=O) groups is 1. The molecule has 92 valence electrons. The number of nitrogens with two attached hydrogens (primary N) is 1. The maximum Gasteiger partial charge on any atom is 0.310 e. The SMILES string of the molecule is NCC(c1cccc(F)c1)C1(C(=O)O)CCC1. The van der Waals surface area contributed by atoms with Crippen LogP contribution < -0.4 is 5.73 Å². The van der Waals surface area contributed by atoms with E-state index in [2.05, 4.69) is 0 Å². The Bertz CT molecular complexity index is 429. The maximum atomic E-state index is 13.2. The van der Waals surface area contributed by atoms with Gasteiger partial charge in [-0.05, 0) is 30.5 Å². The van der Waals surface area contributed by atoms with Crippen LogP contribution in [-0.2, 0) is 4.79 Å². The molecule has 3 N–H and O–H groups in total. The molecular formula is C13H16FNO2. The van der Waals surface area contributed by atoms with Gasteiger partial charge in [-0.15, -0.1) is 0 Å². The fourth-order valence-corrected chi connectivity index (χ4v) is 2.67. The first-order valence-corrected chi connectivity index (χ1v) is 5.79. The Morgan fingerprint density at radius 3 is 2.65 bits per heavy atom. The van der Waals surface area contributed by atoms with Crippen molar-refractivity contribution >= 4 is 5.97 Å². The lowest BCUT2D eigenvalue weighted by molar-refractivity contribution is -0.156. The highest BCUT2D eigenvalue weighted by molar-refractivity contribution is 5.77. The summed E-state index contributed by atoms with van der Waals surface area (Å²) in [6.45, 7) is 0.232. The number of carboxylic acid groups (broad SMARTS) is 1. The maximum absolute atomic E-state index is 13.2. The van der Waals surface area contributed by atoms with E-state index in [1.54, 1.807) is 12.1 Å². The van der Waals surface area contributed by atoms with Gasteiger partial charge in [0.2, 0.25) is 0 Å². The minimum absolute atomic E-state index is 0.232. The molecule has 1 aliphatic rings. The Morgan fingerprint density at radius 1 is 1.53 bits per heavy atom. The van der Waals surface area contributed by atoms with E-state index in [0.717, 1.165) is 6.42 Å². The van der Waals surface area contributed by atoms with Gasteiger partial charge in [0, 0.05) is 12.5 Å². The lowest BCUT2D eigenvalue weighted by atomic mass is 9.59. The smallest absolute Gasteiger partial charge is 0.310 e. The monoisotopic (exact) mass is 237 g/mol. The zero-order valence-electron chi connectivity index (χ0n) is 9.53. The van der Waals surface area contributed by atoms with E-state index in [1.807, 2.05) is 0 Å². The second-order valence-electron chi connectivity index (χ2n) is 4.66. The quantitative estimate of drug-likeness (QED) is 0.843. The van der Waals surface area contributed by atoms with Crippen LogP contribution in [0.5, 0.6) is 0 Å². The van der Waals surface area contributed by atoms with Crippen LogP contribution in [0.3, 0.4) is 0 Å². The van der Waals surface area contributed by atoms with Crippen molar-refractivity contribution in [1.29, 1.82) is 0 Å². The summed E-state index contributed by atoms with van der Waals surface area (Å²) in [6.07, 6.45) is 2.15. The molecule has 17 heavy (non-hydrogen) atoms. The van der Waals surface area contributed by atoms with E-state index in [0.29, 0.717) is 18.4 Å². The lowest BCUT2D eigenvalue weighted by Crippen LogP contribution is -2.45. The third kappa shape index (κ3) is 1.93. The minimum Gasteiger partial charge on any atom is -0.481 e. The summed E-state index contributed by atoms with van der Waals surface area (Å²) in [5, 5.41) is 9.37. The molecule has 1 unspecified atom stereocenters. The summed E-state index contributed by atoms with van der Waals surface area (Å²) in [5.41, 5.74) is 5.60. The van der Waals surface area contributed by atoms with Crippen molar-refractivity contribution in [1.82, 2.24) is 0 Å². The van der Waals surface area contributed by atoms with Crippen LogP contribution in [0.2, 0.25) is 0 Å². The number of halogens is 1. The topological polar surface area (TPSA) is 63.3 Å². The van der Waals surface area contributed by atoms with Gasteiger partial charge in [0.25, 0.3) is 0 Å². The molecule has 1 aromatic carbocycles. The van der Waals surface area contributed by atoms with E-state index in [9.17, 15) is 14.3 Å². The van der Waals surface area contributed by atoms with Crippen LogP contribution >= 0.6 is 0 Å². The number of hydrogen-bond donors (Lipinski definition) is 2. The molecule has 4 heteroatoms. The van der Waals surface area contributed by atoms with Crippen LogP contribution in [0.25, 0.3) is 0 Å². The molecule has 0 amide bonds. The second-order valence-corrected chi connectivity index (χ2v) is 4.66. The van der Waals surface area contributed by atoms with Crippen molar-refractivity contribution in [3.8, 4) is 0 Å². The number of benzene rings is 1. The van der Waals surface area contributed by atoms with Crippen molar-refractivity contribution in [3.05, 3.63) is 35.6 Å². The van der Waals surface area contributed by atoms with E-state index in [4.69, 9.17) is 5.73 Å². The zero-order valence-corrected chi connectivity index (χ0v) is 9.53. The molecule has 0 saturated heterocycles. The van der Waals surface area contributed by atoms with Gasteiger partial charge in [-0.2, -0.15) is 0 Å². The summed E-state index contributed by atoms with van der Waals surface area (Å²) >= 11 is 0. The largest absolute Gasteiger partial charge is 0.481 e. The van der Waals surface area contributed by atoms with Crippen LogP contribution in [0.1, 0.15) is 30.7 Å². The summed E-state index contributed by atoms with van der Waals surface area (Å²) < 4.78 is 13.2. The highest BCUT2D eigenvalue weighted by Gasteiger charge is 2.50. The summed E-state index contributed by atoms with van der Waals surface area (Å²) in [6, 6.07) is 6.09. The fraction of sp³-hybridized carbons (Fsp3) is 0.462. The number of rotatable bonds is 4. The molecule has 1 aliphatic carbocycles. The molecular weight excluding hydrogens is 221 g/mol. The van der Waals surface area contributed by atoms with Crippen LogP contribution in [0.4, 0.5) is 4.39 Å². The van der Waals surface area contributed by atoms with E-state index < -0.39 is 11.4 Å². The minimum atomic E-state index is -0.816. The van der Waals surface area contributed by atoms with Crippen LogP contribution in [0, 0.1) is 11.2 Å². The van der Waals surface area contributed by atoms with Gasteiger partial charge in [0.15, 0.2) is 0 Å². The van der Waals surface area contributed by atoms with Gasteiger partial charge in [0.05, 0.1) is 5.41 Å². The van der Waals surface area contributed by atoms with E-state index in [1.165, 1.54) is 12.1 Å². The predicted molar refractivity (Wildman–Crippen MR) is 62.1 cm³/mol. The first-order valence-electron chi connectivity index (χ1n) is 5.79. The molecule has 1 aromatic rings. The van der Waals surface area contributed by atoms with Crippen molar-refractivity contribution in [2.75, 3.05) is 6.54 Å². The average molecular weight is 237 g/mol. The second kappa shape index (κ2) is 4.45. The van der Waals surface area contributed by atoms with Crippen LogP contribution in [0.15, 0.2) is 24.3 Å². The summed E-state index contributed by atoms with van der Waals surface area (Å²) in [4.78, 5) is 11.4. The molecule has 0 radical (unpaired) electrons. The average Bonchev–Trinajstić information content (AvgIpc) is 2.22. The first kappa shape index (κ1) is 12.0. The van der Waals surface area contributed by atoms with Crippen molar-refractivity contribution < 1.29 is 14.3 Å². The Morgan fingerprint density at radius 2 is 2.24 bits per heavy atom. The van der Waals surface area contributed by atoms with Gasteiger partial charge in [-0.1, -0.05) is 18.6 Å². The molecule has 0 aliphatic heterocycles. The number of hydrogen-bond acceptors (Lipinski definition) is 2. The third-order valence-corrected chi connectivity index (χ3v) is 3.83. The highest BCUT2D eigenvalue weighted by atomic mass is 19.1. The molecule has 1 fully saturated rings. The standard InChI is InChI=1S/C13H16FNO2/c14-10-4-1-3-9(7-10)11(8-15)13(12(16)17)5-2-6-13/h1,3-4,7,11H,2,5-6,8,15H2,(H,16,17). The summed E-state index contributed by atoms with van der Waals surface area (Å²) in [5.74, 6) is -1.46. The number of aliphatic carboxylic acids is 1. The highest BCUT2D eigenvalue weighted by Crippen LogP contribution is 2.51. The van der Waals surface area contributed by atoms with Gasteiger partial charge < -0.3 is 10.8 Å². The van der Waals surface area contributed by atoms with Gasteiger partial charge in [0.1, 0.15) is 5.82 Å². The summed E-state index contributed by atoms with van der Waals surface area (Å²) in [7, 11) is 0. The predicted octanol–water partition coefficient (Wildman–Crippen LogP) is 2.12. The third-order valence-electron chi connectivity index (χ3n) is 3.83. The molecule has 0 bridgehead atoms. The molecule has 1 atom stereocenters. The van der Waals surface area contributed by atoms with E-state index >= 15 is 0 Å². The molecule has 0 aromatic heterocycles. The molecule has 1 saturated carbocycles. The zero-order chi connectivity index (χ0) is 12.5. The first-order chi connectivity index (χ1) is 8.10. The normalized spacial score (nSPS) is 19.4. The Labute approximate surface area is 99.4 Å². The Balaban J connectivity index is 2.36. The van der Waals surface area contributed by atoms with Crippen molar-refractivity contribution in [3.63, 3.8) is 0 Å². The van der Waals surface area contributed by atoms with Gasteiger partial charge >= 0.3 is 5.97 Å². The van der Waals surface area contributed by atoms with Crippen molar-refractivity contribution in [2.24, 2.45) is 11.1 Å². The fourth-order valence-electron chi connectivity index (χ4n) is 2.67. The molecule has 3 nitrogen and oxygen atoms in total. The molecule has 2 rings (SSSR count). The Kier molecular flexibility index (Phi) is 3.15. The molecule has 0 heterocycles. The lowest BCUT2D eigenvalue weighted by Gasteiger charge is -2.44. The van der Waals surface area contributed by atoms with Crippen LogP contribution in [-0.4, -0.2) is 17.6 Å². The van der Waals surface area contributed by atoms with E-state index in [-0.39, 0.29) is 18.3 Å². The van der Waals surface area contributed by atoms with Gasteiger partial charge in [-0.3, -0.25) is 4.79 Å². The molecule has 0 spiro atoms. The van der Waals surface area contributed by atoms with Gasteiger partial charge in [-0.25, -0.2) is 4.39 Å².